The quantitative estimate of drug-likeness (QED) is 0.416. The van der Waals surface area contributed by atoms with Crippen molar-refractivity contribution in [3.05, 3.63) is 78.5 Å². The number of aromatic nitrogens is 2. The van der Waals surface area contributed by atoms with E-state index in [2.05, 4.69) is 15.3 Å². The maximum Gasteiger partial charge on any atom is 0.336 e. The molecule has 4 rings (SSSR count). The van der Waals surface area contributed by atoms with Crippen LogP contribution in [0.4, 0.5) is 11.6 Å². The molecule has 156 valence electrons. The van der Waals surface area contributed by atoms with Gasteiger partial charge in [0.25, 0.3) is 0 Å². The molecule has 1 aromatic heterocycles. The number of anilines is 2. The molecule has 0 amide bonds. The molecule has 0 saturated heterocycles. The van der Waals surface area contributed by atoms with Crippen LogP contribution in [0.3, 0.4) is 0 Å². The van der Waals surface area contributed by atoms with Gasteiger partial charge in [0.1, 0.15) is 5.75 Å². The van der Waals surface area contributed by atoms with Gasteiger partial charge in [-0.05, 0) is 53.2 Å². The highest BCUT2D eigenvalue weighted by Gasteiger charge is 2.11. The highest BCUT2D eigenvalue weighted by atomic mass is 32.2. The average molecular weight is 436 g/mol. The maximum atomic E-state index is 11.5. The summed E-state index contributed by atoms with van der Waals surface area (Å²) in [6.07, 6.45) is 1.48. The summed E-state index contributed by atoms with van der Waals surface area (Å²) in [5.74, 6) is -0.0972. The van der Waals surface area contributed by atoms with Crippen molar-refractivity contribution in [3.8, 4) is 11.6 Å². The number of nitrogens with zero attached hydrogens (tertiary/aromatic N) is 2. The number of benzene rings is 3. The molecule has 0 aliphatic heterocycles. The van der Waals surface area contributed by atoms with Gasteiger partial charge in [0.05, 0.1) is 10.5 Å². The fourth-order valence-electron chi connectivity index (χ4n) is 2.97. The summed E-state index contributed by atoms with van der Waals surface area (Å²) < 4.78 is 28.8. The molecule has 1 heterocycles. The van der Waals surface area contributed by atoms with Gasteiger partial charge in [0.15, 0.2) is 0 Å². The van der Waals surface area contributed by atoms with E-state index in [0.29, 0.717) is 22.2 Å². The second kappa shape index (κ2) is 8.01. The van der Waals surface area contributed by atoms with Crippen LogP contribution in [0.1, 0.15) is 10.4 Å². The molecule has 0 radical (unpaired) electrons. The Bertz CT molecular complexity index is 1410. The first-order chi connectivity index (χ1) is 14.8. The lowest BCUT2D eigenvalue weighted by Crippen LogP contribution is -2.12. The first-order valence-electron chi connectivity index (χ1n) is 8.96. The van der Waals surface area contributed by atoms with Crippen LogP contribution in [0.2, 0.25) is 0 Å². The van der Waals surface area contributed by atoms with Crippen LogP contribution >= 0.6 is 0 Å². The van der Waals surface area contributed by atoms with E-state index in [-0.39, 0.29) is 22.3 Å². The topological polar surface area (TPSA) is 144 Å². The number of carboxylic acid groups (broad SMARTS) is 1. The standard InChI is InChI=1S/C21H16N4O5S/c22-31(28,29)16-5-2-4-14(12-16)24-21-23-10-9-19(25-21)30-15-7-8-17-13(11-15)3-1-6-18(17)20(26)27/h1-12H,(H,26,27)(H2,22,28,29)(H,23,24,25). The fraction of sp³-hybridized carbons (Fsp3) is 0. The van der Waals surface area contributed by atoms with Crippen molar-refractivity contribution in [2.24, 2.45) is 5.14 Å². The zero-order chi connectivity index (χ0) is 22.0. The zero-order valence-electron chi connectivity index (χ0n) is 15.9. The fourth-order valence-corrected chi connectivity index (χ4v) is 3.53. The van der Waals surface area contributed by atoms with Crippen molar-refractivity contribution in [1.82, 2.24) is 9.97 Å². The van der Waals surface area contributed by atoms with Gasteiger partial charge in [-0.3, -0.25) is 0 Å². The van der Waals surface area contributed by atoms with Crippen LogP contribution in [0.5, 0.6) is 11.6 Å². The van der Waals surface area contributed by atoms with Gasteiger partial charge in [-0.2, -0.15) is 4.98 Å². The molecule has 31 heavy (non-hydrogen) atoms. The van der Waals surface area contributed by atoms with Gasteiger partial charge in [-0.15, -0.1) is 0 Å². The summed E-state index contributed by atoms with van der Waals surface area (Å²) in [6.45, 7) is 0. The number of fused-ring (bicyclic) bond motifs is 1. The van der Waals surface area contributed by atoms with E-state index in [9.17, 15) is 18.3 Å². The number of sulfonamides is 1. The second-order valence-electron chi connectivity index (χ2n) is 6.51. The number of carboxylic acids is 1. The Labute approximate surface area is 177 Å². The minimum absolute atomic E-state index is 0.0400. The summed E-state index contributed by atoms with van der Waals surface area (Å²) in [5, 5.41) is 18.7. The third-order valence-electron chi connectivity index (χ3n) is 4.35. The summed E-state index contributed by atoms with van der Waals surface area (Å²) in [4.78, 5) is 19.7. The number of hydrogen-bond donors (Lipinski definition) is 3. The molecule has 3 aromatic carbocycles. The van der Waals surface area contributed by atoms with Crippen molar-refractivity contribution >= 4 is 38.4 Å². The van der Waals surface area contributed by atoms with E-state index < -0.39 is 16.0 Å². The van der Waals surface area contributed by atoms with Crippen LogP contribution in [0.15, 0.2) is 77.8 Å². The Kier molecular flexibility index (Phi) is 5.24. The van der Waals surface area contributed by atoms with Crippen LogP contribution in [-0.2, 0) is 10.0 Å². The minimum Gasteiger partial charge on any atom is -0.478 e. The number of primary sulfonamides is 1. The lowest BCUT2D eigenvalue weighted by molar-refractivity contribution is 0.0699. The van der Waals surface area contributed by atoms with Crippen LogP contribution in [0.25, 0.3) is 10.8 Å². The zero-order valence-corrected chi connectivity index (χ0v) is 16.7. The van der Waals surface area contributed by atoms with Crippen molar-refractivity contribution < 1.29 is 23.1 Å². The number of nitrogens with two attached hydrogens (primary N) is 1. The van der Waals surface area contributed by atoms with Gasteiger partial charge in [-0.1, -0.05) is 18.2 Å². The van der Waals surface area contributed by atoms with Gasteiger partial charge in [0, 0.05) is 18.0 Å². The third kappa shape index (κ3) is 4.60. The third-order valence-corrected chi connectivity index (χ3v) is 5.26. The molecule has 9 nitrogen and oxygen atoms in total. The van der Waals surface area contributed by atoms with Crippen molar-refractivity contribution in [3.63, 3.8) is 0 Å². The Morgan fingerprint density at radius 3 is 2.61 bits per heavy atom. The molecule has 0 aliphatic carbocycles. The number of rotatable bonds is 6. The molecular weight excluding hydrogens is 420 g/mol. The molecule has 4 aromatic rings. The van der Waals surface area contributed by atoms with E-state index in [1.165, 1.54) is 18.3 Å². The predicted molar refractivity (Wildman–Crippen MR) is 114 cm³/mol. The van der Waals surface area contributed by atoms with Gasteiger partial charge < -0.3 is 15.2 Å². The lowest BCUT2D eigenvalue weighted by atomic mass is 10.0. The summed E-state index contributed by atoms with van der Waals surface area (Å²) in [5.41, 5.74) is 0.648. The molecule has 0 atom stereocenters. The number of nitrogens with one attached hydrogen (secondary N) is 1. The predicted octanol–water partition coefficient (Wildman–Crippen LogP) is 3.51. The lowest BCUT2D eigenvalue weighted by Gasteiger charge is -2.09. The number of carbonyl (C=O) groups is 1. The van der Waals surface area contributed by atoms with E-state index >= 15 is 0 Å². The number of aromatic carboxylic acids is 1. The summed E-state index contributed by atoms with van der Waals surface area (Å²) >= 11 is 0. The smallest absolute Gasteiger partial charge is 0.336 e. The maximum absolute atomic E-state index is 11.5. The second-order valence-corrected chi connectivity index (χ2v) is 8.07. The summed E-state index contributed by atoms with van der Waals surface area (Å²) in [6, 6.07) is 17.5. The highest BCUT2D eigenvalue weighted by molar-refractivity contribution is 7.89. The summed E-state index contributed by atoms with van der Waals surface area (Å²) in [7, 11) is -3.84. The molecule has 0 aliphatic rings. The largest absolute Gasteiger partial charge is 0.478 e. The Hall–Kier alpha value is -4.02. The molecule has 0 fully saturated rings. The highest BCUT2D eigenvalue weighted by Crippen LogP contribution is 2.27. The minimum atomic E-state index is -3.84. The van der Waals surface area contributed by atoms with Crippen molar-refractivity contribution in [1.29, 1.82) is 0 Å². The molecule has 4 N–H and O–H groups in total. The van der Waals surface area contributed by atoms with E-state index in [4.69, 9.17) is 9.88 Å². The van der Waals surface area contributed by atoms with Crippen molar-refractivity contribution in [2.75, 3.05) is 5.32 Å². The molecule has 0 saturated carbocycles. The average Bonchev–Trinajstić information content (AvgIpc) is 2.73. The van der Waals surface area contributed by atoms with Crippen molar-refractivity contribution in [2.45, 2.75) is 4.90 Å². The van der Waals surface area contributed by atoms with E-state index in [0.717, 1.165) is 0 Å². The first-order valence-corrected chi connectivity index (χ1v) is 10.5. The molecule has 10 heteroatoms. The first kappa shape index (κ1) is 20.3. The number of hydrogen-bond acceptors (Lipinski definition) is 7. The molecule has 0 bridgehead atoms. The monoisotopic (exact) mass is 436 g/mol. The van der Waals surface area contributed by atoms with Crippen LogP contribution in [-0.4, -0.2) is 29.5 Å². The van der Waals surface area contributed by atoms with Gasteiger partial charge in [-0.25, -0.2) is 23.3 Å². The van der Waals surface area contributed by atoms with E-state index in [1.54, 1.807) is 54.6 Å². The van der Waals surface area contributed by atoms with E-state index in [1.807, 2.05) is 0 Å². The van der Waals surface area contributed by atoms with Gasteiger partial charge >= 0.3 is 5.97 Å². The molecular formula is C21H16N4O5S. The normalized spacial score (nSPS) is 11.3. The number of ether oxygens (including phenoxy) is 1. The molecule has 0 spiro atoms. The van der Waals surface area contributed by atoms with Crippen LogP contribution < -0.4 is 15.2 Å². The SMILES string of the molecule is NS(=O)(=O)c1cccc(Nc2nccc(Oc3ccc4c(C(=O)O)cccc4c3)n2)c1. The van der Waals surface area contributed by atoms with Crippen LogP contribution in [0, 0.1) is 0 Å². The Morgan fingerprint density at radius 2 is 1.84 bits per heavy atom. The Morgan fingerprint density at radius 1 is 1.03 bits per heavy atom. The molecule has 0 unspecified atom stereocenters. The van der Waals surface area contributed by atoms with Gasteiger partial charge in [0.2, 0.25) is 21.9 Å². The Balaban J connectivity index is 1.57.